The molecule has 1 heterocycles. The number of rotatable bonds is 3. The maximum absolute atomic E-state index is 13.5. The fourth-order valence-corrected chi connectivity index (χ4v) is 4.66. The summed E-state index contributed by atoms with van der Waals surface area (Å²) in [4.78, 5) is 26.4. The number of nitrogens with one attached hydrogen (secondary N) is 2. The summed E-state index contributed by atoms with van der Waals surface area (Å²) in [7, 11) is 0. The number of anilines is 1. The molecule has 1 atom stereocenters. The third-order valence-corrected chi connectivity index (χ3v) is 6.54. The molecule has 6 heteroatoms. The monoisotopic (exact) mass is 440 g/mol. The summed E-state index contributed by atoms with van der Waals surface area (Å²) in [6.07, 6.45) is 2.01. The molecule has 4 rings (SSSR count). The van der Waals surface area contributed by atoms with Crippen LogP contribution >= 0.6 is 23.2 Å². The lowest BCUT2D eigenvalue weighted by atomic mass is 9.75. The van der Waals surface area contributed by atoms with E-state index in [1.807, 2.05) is 44.2 Å². The first-order valence-electron chi connectivity index (χ1n) is 9.93. The van der Waals surface area contributed by atoms with E-state index in [2.05, 4.69) is 10.6 Å². The fourth-order valence-electron chi connectivity index (χ4n) is 4.24. The zero-order valence-electron chi connectivity index (χ0n) is 16.8. The molecule has 0 aromatic heterocycles. The Morgan fingerprint density at radius 3 is 2.60 bits per heavy atom. The number of dihydropyridines is 1. The van der Waals surface area contributed by atoms with Gasteiger partial charge in [-0.3, -0.25) is 9.59 Å². The van der Waals surface area contributed by atoms with Crippen LogP contribution in [0.5, 0.6) is 0 Å². The first kappa shape index (κ1) is 20.7. The first-order chi connectivity index (χ1) is 14.4. The van der Waals surface area contributed by atoms with Crippen molar-refractivity contribution < 1.29 is 9.59 Å². The van der Waals surface area contributed by atoms with Gasteiger partial charge in [-0.25, -0.2) is 0 Å². The molecule has 1 aliphatic carbocycles. The predicted molar refractivity (Wildman–Crippen MR) is 121 cm³/mol. The zero-order valence-corrected chi connectivity index (χ0v) is 18.3. The normalized spacial score (nSPS) is 18.8. The van der Waals surface area contributed by atoms with Crippen LogP contribution in [0.25, 0.3) is 0 Å². The van der Waals surface area contributed by atoms with E-state index in [-0.39, 0.29) is 11.7 Å². The highest BCUT2D eigenvalue weighted by atomic mass is 35.5. The zero-order chi connectivity index (χ0) is 21.4. The molecule has 2 N–H and O–H groups in total. The molecule has 0 saturated heterocycles. The van der Waals surface area contributed by atoms with Crippen molar-refractivity contribution in [2.45, 2.75) is 39.0 Å². The van der Waals surface area contributed by atoms with E-state index in [9.17, 15) is 9.59 Å². The molecule has 154 valence electrons. The van der Waals surface area contributed by atoms with E-state index in [0.717, 1.165) is 35.5 Å². The molecule has 2 aromatic carbocycles. The second-order valence-electron chi connectivity index (χ2n) is 7.68. The summed E-state index contributed by atoms with van der Waals surface area (Å²) in [5, 5.41) is 7.09. The highest BCUT2D eigenvalue weighted by Gasteiger charge is 2.39. The summed E-state index contributed by atoms with van der Waals surface area (Å²) in [6.45, 7) is 3.80. The summed E-state index contributed by atoms with van der Waals surface area (Å²) in [5.41, 5.74) is 5.05. The molecule has 1 aliphatic heterocycles. The Morgan fingerprint density at radius 2 is 1.83 bits per heavy atom. The second-order valence-corrected chi connectivity index (χ2v) is 8.46. The number of amides is 1. The minimum Gasteiger partial charge on any atom is -0.362 e. The van der Waals surface area contributed by atoms with Crippen LogP contribution in [0, 0.1) is 6.92 Å². The van der Waals surface area contributed by atoms with Crippen LogP contribution in [-0.4, -0.2) is 11.7 Å². The van der Waals surface area contributed by atoms with E-state index in [1.54, 1.807) is 12.1 Å². The van der Waals surface area contributed by atoms with Crippen LogP contribution in [0.15, 0.2) is 65.0 Å². The predicted octanol–water partition coefficient (Wildman–Crippen LogP) is 5.91. The van der Waals surface area contributed by atoms with Gasteiger partial charge >= 0.3 is 0 Å². The molecule has 0 bridgehead atoms. The smallest absolute Gasteiger partial charge is 0.254 e. The van der Waals surface area contributed by atoms with Crippen molar-refractivity contribution in [3.05, 3.63) is 86.2 Å². The molecule has 0 unspecified atom stereocenters. The average molecular weight is 441 g/mol. The first-order valence-corrected chi connectivity index (χ1v) is 10.7. The largest absolute Gasteiger partial charge is 0.362 e. The quantitative estimate of drug-likeness (QED) is 0.623. The molecule has 30 heavy (non-hydrogen) atoms. The third kappa shape index (κ3) is 3.66. The number of ketones is 1. The number of carbonyl (C=O) groups is 2. The average Bonchev–Trinajstić information content (AvgIpc) is 2.71. The maximum atomic E-state index is 13.5. The van der Waals surface area contributed by atoms with Crippen LogP contribution in [-0.2, 0) is 9.59 Å². The molecular formula is C24H22Cl2N2O2. The maximum Gasteiger partial charge on any atom is 0.254 e. The fraction of sp³-hybridized carbons (Fsp3) is 0.250. The number of hydrogen-bond donors (Lipinski definition) is 2. The number of benzene rings is 2. The van der Waals surface area contributed by atoms with Gasteiger partial charge in [0.25, 0.3) is 5.91 Å². The molecule has 0 saturated carbocycles. The number of halogens is 2. The number of hydrogen-bond acceptors (Lipinski definition) is 3. The SMILES string of the molecule is CC1=C(C(=O)Nc2ccccc2C)[C@H](c2cccc(Cl)c2Cl)C2=C(CCCC2=O)N1. The van der Waals surface area contributed by atoms with E-state index in [0.29, 0.717) is 33.2 Å². The Bertz CT molecular complexity index is 1120. The van der Waals surface area contributed by atoms with Crippen molar-refractivity contribution in [3.63, 3.8) is 0 Å². The lowest BCUT2D eigenvalue weighted by Crippen LogP contribution is -2.35. The molecule has 0 spiro atoms. The molecule has 1 amide bonds. The molecule has 0 radical (unpaired) electrons. The Kier molecular flexibility index (Phi) is 5.72. The van der Waals surface area contributed by atoms with Crippen LogP contribution in [0.2, 0.25) is 10.0 Å². The van der Waals surface area contributed by atoms with Crippen LogP contribution in [0.1, 0.15) is 43.2 Å². The van der Waals surface area contributed by atoms with Gasteiger partial charge in [-0.15, -0.1) is 0 Å². The van der Waals surface area contributed by atoms with Gasteiger partial charge in [0.15, 0.2) is 5.78 Å². The highest BCUT2D eigenvalue weighted by Crippen LogP contribution is 2.45. The Morgan fingerprint density at radius 1 is 1.07 bits per heavy atom. The van der Waals surface area contributed by atoms with Crippen molar-refractivity contribution in [1.82, 2.24) is 5.32 Å². The number of para-hydroxylation sites is 1. The number of carbonyl (C=O) groups excluding carboxylic acids is 2. The van der Waals surface area contributed by atoms with Gasteiger partial charge in [-0.05, 0) is 49.9 Å². The van der Waals surface area contributed by atoms with Crippen molar-refractivity contribution >= 4 is 40.6 Å². The van der Waals surface area contributed by atoms with Crippen LogP contribution in [0.4, 0.5) is 5.69 Å². The lowest BCUT2D eigenvalue weighted by Gasteiger charge is -2.35. The van der Waals surface area contributed by atoms with Gasteiger partial charge in [0.2, 0.25) is 0 Å². The standard InChI is InChI=1S/C24H22Cl2N2O2/c1-13-7-3-4-10-17(13)28-24(30)20-14(2)27-18-11-6-12-19(29)22(18)21(20)15-8-5-9-16(25)23(15)26/h3-5,7-10,21,27H,6,11-12H2,1-2H3,(H,28,30)/t21-/m0/s1. The number of Topliss-reactive ketones (excluding diaryl/α,β-unsaturated/α-hetero) is 1. The van der Waals surface area contributed by atoms with Gasteiger partial charge in [-0.1, -0.05) is 53.5 Å². The number of allylic oxidation sites excluding steroid dienone is 3. The van der Waals surface area contributed by atoms with Gasteiger partial charge in [-0.2, -0.15) is 0 Å². The topological polar surface area (TPSA) is 58.2 Å². The van der Waals surface area contributed by atoms with E-state index in [1.165, 1.54) is 0 Å². The summed E-state index contributed by atoms with van der Waals surface area (Å²) >= 11 is 12.9. The van der Waals surface area contributed by atoms with Crippen LogP contribution < -0.4 is 10.6 Å². The van der Waals surface area contributed by atoms with Crippen LogP contribution in [0.3, 0.4) is 0 Å². The van der Waals surface area contributed by atoms with E-state index >= 15 is 0 Å². The highest BCUT2D eigenvalue weighted by molar-refractivity contribution is 6.42. The summed E-state index contributed by atoms with van der Waals surface area (Å²) < 4.78 is 0. The molecule has 0 fully saturated rings. The van der Waals surface area contributed by atoms with Crippen molar-refractivity contribution in [2.75, 3.05) is 5.32 Å². The molecule has 4 nitrogen and oxygen atoms in total. The molecular weight excluding hydrogens is 419 g/mol. The summed E-state index contributed by atoms with van der Waals surface area (Å²) in [5.74, 6) is -0.789. The molecule has 2 aromatic rings. The minimum atomic E-state index is -0.565. The lowest BCUT2D eigenvalue weighted by molar-refractivity contribution is -0.116. The minimum absolute atomic E-state index is 0.0403. The third-order valence-electron chi connectivity index (χ3n) is 5.71. The van der Waals surface area contributed by atoms with Gasteiger partial charge in [0, 0.05) is 40.6 Å². The van der Waals surface area contributed by atoms with Gasteiger partial charge < -0.3 is 10.6 Å². The van der Waals surface area contributed by atoms with Gasteiger partial charge in [0.1, 0.15) is 0 Å². The van der Waals surface area contributed by atoms with Crippen molar-refractivity contribution in [1.29, 1.82) is 0 Å². The van der Waals surface area contributed by atoms with Crippen molar-refractivity contribution in [3.8, 4) is 0 Å². The van der Waals surface area contributed by atoms with E-state index < -0.39 is 5.92 Å². The Labute approximate surface area is 186 Å². The molecule has 2 aliphatic rings. The Balaban J connectivity index is 1.85. The van der Waals surface area contributed by atoms with Gasteiger partial charge in [0.05, 0.1) is 10.0 Å². The number of aryl methyl sites for hydroxylation is 1. The second kappa shape index (κ2) is 8.29. The Hall–Kier alpha value is -2.56. The van der Waals surface area contributed by atoms with Crippen molar-refractivity contribution in [2.24, 2.45) is 0 Å². The van der Waals surface area contributed by atoms with E-state index in [4.69, 9.17) is 23.2 Å². The summed E-state index contributed by atoms with van der Waals surface area (Å²) in [6, 6.07) is 12.9.